The molecule has 1 aromatic heterocycles. The van der Waals surface area contributed by atoms with Crippen LogP contribution in [0.15, 0.2) is 23.7 Å². The summed E-state index contributed by atoms with van der Waals surface area (Å²) >= 11 is 7.83. The minimum atomic E-state index is 0.564. The Morgan fingerprint density at radius 3 is 2.89 bits per heavy atom. The van der Waals surface area contributed by atoms with Crippen LogP contribution in [0.3, 0.4) is 0 Å². The lowest BCUT2D eigenvalue weighted by Crippen LogP contribution is -2.07. The monoisotopic (exact) mass is 296 g/mol. The minimum absolute atomic E-state index is 0.564. The van der Waals surface area contributed by atoms with E-state index in [0.717, 1.165) is 34.9 Å². The van der Waals surface area contributed by atoms with E-state index in [1.54, 1.807) is 11.3 Å². The van der Waals surface area contributed by atoms with Gasteiger partial charge in [-0.1, -0.05) is 17.7 Å². The molecule has 0 aliphatic carbocycles. The van der Waals surface area contributed by atoms with Crippen LogP contribution in [0.4, 0.5) is 0 Å². The smallest absolute Gasteiger partial charge is 0.124 e. The fraction of sp³-hybridized carbons (Fsp3) is 0.357. The molecule has 2 rings (SSSR count). The van der Waals surface area contributed by atoms with Gasteiger partial charge in [0.2, 0.25) is 0 Å². The van der Waals surface area contributed by atoms with E-state index in [9.17, 15) is 0 Å². The third-order valence-electron chi connectivity index (χ3n) is 2.90. The highest BCUT2D eigenvalue weighted by Gasteiger charge is 2.08. The van der Waals surface area contributed by atoms with Gasteiger partial charge in [-0.25, -0.2) is 4.98 Å². The highest BCUT2D eigenvalue weighted by molar-refractivity contribution is 7.09. The highest BCUT2D eigenvalue weighted by Crippen LogP contribution is 2.27. The van der Waals surface area contributed by atoms with Crippen LogP contribution in [0.5, 0.6) is 5.75 Å². The second kappa shape index (κ2) is 6.89. The SMILES string of the molecule is Cc1ncsc1CCOc1cccc(Cl)c1CCN. The number of hydrogen-bond acceptors (Lipinski definition) is 4. The van der Waals surface area contributed by atoms with E-state index in [4.69, 9.17) is 22.1 Å². The highest BCUT2D eigenvalue weighted by atomic mass is 35.5. The molecule has 19 heavy (non-hydrogen) atoms. The molecule has 0 aliphatic heterocycles. The minimum Gasteiger partial charge on any atom is -0.493 e. The van der Waals surface area contributed by atoms with Crippen molar-refractivity contribution in [3.8, 4) is 5.75 Å². The van der Waals surface area contributed by atoms with Gasteiger partial charge in [0.1, 0.15) is 5.75 Å². The van der Waals surface area contributed by atoms with Gasteiger partial charge >= 0.3 is 0 Å². The Bertz CT molecular complexity index is 542. The molecular weight excluding hydrogens is 280 g/mol. The van der Waals surface area contributed by atoms with Crippen LogP contribution in [0.25, 0.3) is 0 Å². The summed E-state index contributed by atoms with van der Waals surface area (Å²) in [6, 6.07) is 5.71. The maximum atomic E-state index is 6.17. The fourth-order valence-corrected chi connectivity index (χ4v) is 2.90. The first kappa shape index (κ1) is 14.3. The fourth-order valence-electron chi connectivity index (χ4n) is 1.88. The molecule has 102 valence electrons. The Morgan fingerprint density at radius 2 is 2.21 bits per heavy atom. The first-order valence-electron chi connectivity index (χ1n) is 6.21. The molecule has 0 bridgehead atoms. The van der Waals surface area contributed by atoms with Crippen molar-refractivity contribution in [2.24, 2.45) is 5.73 Å². The third kappa shape index (κ3) is 3.69. The van der Waals surface area contributed by atoms with Crippen molar-refractivity contribution in [3.05, 3.63) is 44.9 Å². The van der Waals surface area contributed by atoms with E-state index < -0.39 is 0 Å². The van der Waals surface area contributed by atoms with Crippen molar-refractivity contribution in [2.75, 3.05) is 13.2 Å². The van der Waals surface area contributed by atoms with E-state index in [-0.39, 0.29) is 0 Å². The van der Waals surface area contributed by atoms with Crippen LogP contribution in [0, 0.1) is 6.92 Å². The molecule has 3 nitrogen and oxygen atoms in total. The van der Waals surface area contributed by atoms with Gasteiger partial charge in [-0.2, -0.15) is 0 Å². The van der Waals surface area contributed by atoms with Gasteiger partial charge in [0.15, 0.2) is 0 Å². The zero-order valence-electron chi connectivity index (χ0n) is 10.9. The normalized spacial score (nSPS) is 10.7. The summed E-state index contributed by atoms with van der Waals surface area (Å²) < 4.78 is 5.84. The van der Waals surface area contributed by atoms with Crippen LogP contribution in [-0.2, 0) is 12.8 Å². The second-order valence-corrected chi connectivity index (χ2v) is 5.56. The van der Waals surface area contributed by atoms with Crippen LogP contribution in [0.2, 0.25) is 5.02 Å². The van der Waals surface area contributed by atoms with Crippen molar-refractivity contribution in [2.45, 2.75) is 19.8 Å². The van der Waals surface area contributed by atoms with Crippen LogP contribution < -0.4 is 10.5 Å². The van der Waals surface area contributed by atoms with Crippen molar-refractivity contribution < 1.29 is 4.74 Å². The Balaban J connectivity index is 1.99. The van der Waals surface area contributed by atoms with Crippen LogP contribution >= 0.6 is 22.9 Å². The first-order valence-corrected chi connectivity index (χ1v) is 7.47. The average molecular weight is 297 g/mol. The molecular formula is C14H17ClN2OS. The molecule has 0 saturated carbocycles. The van der Waals surface area contributed by atoms with Crippen LogP contribution in [0.1, 0.15) is 16.1 Å². The maximum absolute atomic E-state index is 6.17. The molecule has 0 amide bonds. The van der Waals surface area contributed by atoms with Crippen molar-refractivity contribution in [3.63, 3.8) is 0 Å². The molecule has 5 heteroatoms. The van der Waals surface area contributed by atoms with Crippen molar-refractivity contribution in [1.29, 1.82) is 0 Å². The van der Waals surface area contributed by atoms with Gasteiger partial charge in [-0.05, 0) is 32.0 Å². The van der Waals surface area contributed by atoms with Crippen LogP contribution in [-0.4, -0.2) is 18.1 Å². The van der Waals surface area contributed by atoms with Gasteiger partial charge in [0, 0.05) is 21.9 Å². The Labute approximate surface area is 122 Å². The number of rotatable bonds is 6. The standard InChI is InChI=1S/C14H17ClN2OS/c1-10-14(19-9-17-10)6-8-18-13-4-2-3-12(15)11(13)5-7-16/h2-4,9H,5-8,16H2,1H3. The number of ether oxygens (including phenoxy) is 1. The lowest BCUT2D eigenvalue weighted by molar-refractivity contribution is 0.319. The van der Waals surface area contributed by atoms with E-state index in [1.165, 1.54) is 4.88 Å². The molecule has 0 aliphatic rings. The number of aryl methyl sites for hydroxylation is 1. The molecule has 0 spiro atoms. The zero-order valence-corrected chi connectivity index (χ0v) is 12.4. The summed E-state index contributed by atoms with van der Waals surface area (Å²) in [5.74, 6) is 0.833. The number of aromatic nitrogens is 1. The third-order valence-corrected chi connectivity index (χ3v) is 4.25. The number of halogens is 1. The predicted octanol–water partition coefficient (Wildman–Crippen LogP) is 3.23. The lowest BCUT2D eigenvalue weighted by Gasteiger charge is -2.12. The van der Waals surface area contributed by atoms with Gasteiger partial charge < -0.3 is 10.5 Å². The molecule has 0 unspecified atom stereocenters. The Hall–Kier alpha value is -1.10. The molecule has 0 saturated heterocycles. The number of benzene rings is 1. The molecule has 0 radical (unpaired) electrons. The predicted molar refractivity (Wildman–Crippen MR) is 80.3 cm³/mol. The van der Waals surface area contributed by atoms with E-state index in [1.807, 2.05) is 30.6 Å². The summed E-state index contributed by atoms with van der Waals surface area (Å²) in [6.07, 6.45) is 1.60. The quantitative estimate of drug-likeness (QED) is 0.890. The number of nitrogens with zero attached hydrogens (tertiary/aromatic N) is 1. The molecule has 0 fully saturated rings. The molecule has 2 N–H and O–H groups in total. The summed E-state index contributed by atoms with van der Waals surface area (Å²) in [5.41, 5.74) is 9.55. The topological polar surface area (TPSA) is 48.1 Å². The average Bonchev–Trinajstić information content (AvgIpc) is 2.79. The van der Waals surface area contributed by atoms with E-state index in [0.29, 0.717) is 13.2 Å². The Kier molecular flexibility index (Phi) is 5.19. The van der Waals surface area contributed by atoms with Crippen molar-refractivity contribution >= 4 is 22.9 Å². The summed E-state index contributed by atoms with van der Waals surface area (Å²) in [4.78, 5) is 5.49. The molecule has 2 aromatic rings. The largest absolute Gasteiger partial charge is 0.493 e. The molecule has 1 heterocycles. The second-order valence-electron chi connectivity index (χ2n) is 4.21. The summed E-state index contributed by atoms with van der Waals surface area (Å²) in [7, 11) is 0. The summed E-state index contributed by atoms with van der Waals surface area (Å²) in [5, 5.41) is 0.719. The summed E-state index contributed by atoms with van der Waals surface area (Å²) in [6.45, 7) is 3.21. The Morgan fingerprint density at radius 1 is 1.37 bits per heavy atom. The molecule has 1 aromatic carbocycles. The number of thiazole rings is 1. The lowest BCUT2D eigenvalue weighted by atomic mass is 10.1. The maximum Gasteiger partial charge on any atom is 0.124 e. The van der Waals surface area contributed by atoms with E-state index >= 15 is 0 Å². The zero-order chi connectivity index (χ0) is 13.7. The molecule has 0 atom stereocenters. The first-order chi connectivity index (χ1) is 9.22. The van der Waals surface area contributed by atoms with Gasteiger partial charge in [0.25, 0.3) is 0 Å². The van der Waals surface area contributed by atoms with Gasteiger partial charge in [-0.15, -0.1) is 11.3 Å². The van der Waals surface area contributed by atoms with Crippen molar-refractivity contribution in [1.82, 2.24) is 4.98 Å². The number of hydrogen-bond donors (Lipinski definition) is 1. The van der Waals surface area contributed by atoms with Gasteiger partial charge in [0.05, 0.1) is 17.8 Å². The number of nitrogens with two attached hydrogens (primary N) is 1. The van der Waals surface area contributed by atoms with Gasteiger partial charge in [-0.3, -0.25) is 0 Å². The van der Waals surface area contributed by atoms with E-state index in [2.05, 4.69) is 4.98 Å².